The highest BCUT2D eigenvalue weighted by molar-refractivity contribution is 6.29. The van der Waals surface area contributed by atoms with Gasteiger partial charge in [-0.3, -0.25) is 14.8 Å². The zero-order valence-corrected chi connectivity index (χ0v) is 20.0. The summed E-state index contributed by atoms with van der Waals surface area (Å²) < 4.78 is 27.2. The first-order valence-electron chi connectivity index (χ1n) is 11.0. The van der Waals surface area contributed by atoms with Gasteiger partial charge in [-0.2, -0.15) is 0 Å². The standard InChI is InChI=1S/C17H11ClFN3O.C11H9FN2/c18-16-8-11(5-6-21-16)17(23)22-13-7-12(9-20-10-13)14-3-1-2-4-15(14)19;12-11-4-2-1-3-10(11)8-5-9(13)7-14-6-8/h1-10H,(H,22,23);1-7H,13H2. The lowest BCUT2D eigenvalue weighted by atomic mass is 10.1. The smallest absolute Gasteiger partial charge is 0.255 e. The molecule has 0 saturated heterocycles. The average Bonchev–Trinajstić information content (AvgIpc) is 2.90. The molecule has 9 heteroatoms. The largest absolute Gasteiger partial charge is 0.397 e. The van der Waals surface area contributed by atoms with Gasteiger partial charge in [0.15, 0.2) is 0 Å². The van der Waals surface area contributed by atoms with Crippen LogP contribution < -0.4 is 11.1 Å². The summed E-state index contributed by atoms with van der Waals surface area (Å²) in [4.78, 5) is 24.0. The molecule has 0 radical (unpaired) electrons. The third-order valence-electron chi connectivity index (χ3n) is 5.11. The van der Waals surface area contributed by atoms with Crippen LogP contribution in [0.5, 0.6) is 0 Å². The molecule has 0 fully saturated rings. The molecule has 3 heterocycles. The van der Waals surface area contributed by atoms with Gasteiger partial charge < -0.3 is 11.1 Å². The summed E-state index contributed by atoms with van der Waals surface area (Å²) in [6.07, 6.45) is 7.60. The van der Waals surface area contributed by atoms with Gasteiger partial charge in [-0.15, -0.1) is 0 Å². The first-order chi connectivity index (χ1) is 17.9. The van der Waals surface area contributed by atoms with Crippen LogP contribution in [0, 0.1) is 11.6 Å². The van der Waals surface area contributed by atoms with Crippen LogP contribution in [0.25, 0.3) is 22.3 Å². The van der Waals surface area contributed by atoms with Crippen LogP contribution in [0.1, 0.15) is 10.4 Å². The number of carbonyl (C=O) groups is 1. The zero-order valence-electron chi connectivity index (χ0n) is 19.3. The van der Waals surface area contributed by atoms with E-state index in [-0.39, 0.29) is 22.7 Å². The second kappa shape index (κ2) is 11.8. The molecular formula is C28H20ClF2N5O. The quantitative estimate of drug-likeness (QED) is 0.261. The molecule has 3 aromatic heterocycles. The summed E-state index contributed by atoms with van der Waals surface area (Å²) >= 11 is 5.77. The minimum Gasteiger partial charge on any atom is -0.397 e. The highest BCUT2D eigenvalue weighted by Gasteiger charge is 2.10. The van der Waals surface area contributed by atoms with Crippen molar-refractivity contribution in [2.45, 2.75) is 0 Å². The predicted octanol–water partition coefficient (Wildman–Crippen LogP) is 6.66. The summed E-state index contributed by atoms with van der Waals surface area (Å²) in [5.41, 5.74) is 9.15. The van der Waals surface area contributed by atoms with Crippen molar-refractivity contribution in [1.29, 1.82) is 0 Å². The number of hydrogen-bond acceptors (Lipinski definition) is 5. The minimum absolute atomic E-state index is 0.232. The maximum atomic E-state index is 13.8. The number of halogens is 3. The molecular weight excluding hydrogens is 496 g/mol. The monoisotopic (exact) mass is 515 g/mol. The Kier molecular flexibility index (Phi) is 8.12. The van der Waals surface area contributed by atoms with E-state index in [0.717, 1.165) is 0 Å². The van der Waals surface area contributed by atoms with E-state index in [1.807, 2.05) is 0 Å². The molecule has 37 heavy (non-hydrogen) atoms. The third-order valence-corrected chi connectivity index (χ3v) is 5.32. The number of nitrogens with one attached hydrogen (secondary N) is 1. The van der Waals surface area contributed by atoms with Crippen molar-refractivity contribution >= 4 is 28.9 Å². The topological polar surface area (TPSA) is 93.8 Å². The molecule has 6 nitrogen and oxygen atoms in total. The Morgan fingerprint density at radius 2 is 1.38 bits per heavy atom. The SMILES string of the molecule is Nc1cncc(-c2ccccc2F)c1.O=C(Nc1cncc(-c2ccccc2F)c1)c1ccnc(Cl)c1. The van der Waals surface area contributed by atoms with Gasteiger partial charge in [-0.05, 0) is 36.4 Å². The van der Waals surface area contributed by atoms with E-state index in [2.05, 4.69) is 20.3 Å². The van der Waals surface area contributed by atoms with E-state index in [9.17, 15) is 13.6 Å². The van der Waals surface area contributed by atoms with E-state index in [1.165, 1.54) is 43.0 Å². The molecule has 0 aliphatic carbocycles. The minimum atomic E-state index is -0.348. The van der Waals surface area contributed by atoms with Gasteiger partial charge in [-0.1, -0.05) is 48.0 Å². The number of pyridine rings is 3. The molecule has 3 N–H and O–H groups in total. The van der Waals surface area contributed by atoms with Crippen LogP contribution in [0.2, 0.25) is 5.15 Å². The summed E-state index contributed by atoms with van der Waals surface area (Å²) in [7, 11) is 0. The van der Waals surface area contributed by atoms with E-state index in [4.69, 9.17) is 17.3 Å². The van der Waals surface area contributed by atoms with Gasteiger partial charge in [0.25, 0.3) is 5.91 Å². The maximum absolute atomic E-state index is 13.8. The van der Waals surface area contributed by atoms with Crippen molar-refractivity contribution in [2.24, 2.45) is 0 Å². The zero-order chi connectivity index (χ0) is 26.2. The van der Waals surface area contributed by atoms with E-state index in [0.29, 0.717) is 39.2 Å². The van der Waals surface area contributed by atoms with Gasteiger partial charge in [0.1, 0.15) is 16.8 Å². The number of anilines is 2. The Balaban J connectivity index is 0.000000195. The molecule has 0 unspecified atom stereocenters. The Labute approximate surface area is 216 Å². The van der Waals surface area contributed by atoms with Gasteiger partial charge >= 0.3 is 0 Å². The Hall–Kier alpha value is -4.69. The maximum Gasteiger partial charge on any atom is 0.255 e. The van der Waals surface area contributed by atoms with Gasteiger partial charge in [0.05, 0.1) is 17.6 Å². The summed E-state index contributed by atoms with van der Waals surface area (Å²) in [6.45, 7) is 0. The fourth-order valence-electron chi connectivity index (χ4n) is 3.40. The molecule has 0 spiro atoms. The van der Waals surface area contributed by atoms with Crippen LogP contribution >= 0.6 is 11.6 Å². The number of nitrogen functional groups attached to an aromatic ring is 1. The van der Waals surface area contributed by atoms with Crippen LogP contribution in [0.3, 0.4) is 0 Å². The number of benzene rings is 2. The number of carbonyl (C=O) groups excluding carboxylic acids is 1. The highest BCUT2D eigenvalue weighted by atomic mass is 35.5. The summed E-state index contributed by atoms with van der Waals surface area (Å²) in [6, 6.07) is 19.3. The molecule has 0 atom stereocenters. The molecule has 5 rings (SSSR count). The molecule has 184 valence electrons. The molecule has 0 saturated carbocycles. The van der Waals surface area contributed by atoms with Crippen LogP contribution in [0.4, 0.5) is 20.2 Å². The number of aromatic nitrogens is 3. The molecule has 0 aliphatic heterocycles. The molecule has 1 amide bonds. The van der Waals surface area contributed by atoms with Gasteiger partial charge in [-0.25, -0.2) is 13.8 Å². The molecule has 2 aromatic carbocycles. The Morgan fingerprint density at radius 3 is 1.97 bits per heavy atom. The van der Waals surface area contributed by atoms with Crippen molar-refractivity contribution in [1.82, 2.24) is 15.0 Å². The lowest BCUT2D eigenvalue weighted by Crippen LogP contribution is -2.12. The summed E-state index contributed by atoms with van der Waals surface area (Å²) in [5, 5.41) is 2.94. The molecule has 0 bridgehead atoms. The van der Waals surface area contributed by atoms with E-state index < -0.39 is 0 Å². The van der Waals surface area contributed by atoms with Crippen LogP contribution in [0.15, 0.2) is 104 Å². The van der Waals surface area contributed by atoms with Crippen molar-refractivity contribution in [3.63, 3.8) is 0 Å². The number of hydrogen-bond donors (Lipinski definition) is 2. The fourth-order valence-corrected chi connectivity index (χ4v) is 3.57. The van der Waals surface area contributed by atoms with Crippen LogP contribution in [-0.4, -0.2) is 20.9 Å². The van der Waals surface area contributed by atoms with Crippen molar-refractivity contribution < 1.29 is 13.6 Å². The fraction of sp³-hybridized carbons (Fsp3) is 0. The second-order valence-electron chi connectivity index (χ2n) is 7.75. The second-order valence-corrected chi connectivity index (χ2v) is 8.14. The van der Waals surface area contributed by atoms with E-state index >= 15 is 0 Å². The highest BCUT2D eigenvalue weighted by Crippen LogP contribution is 2.25. The third kappa shape index (κ3) is 6.71. The summed E-state index contributed by atoms with van der Waals surface area (Å²) in [5.74, 6) is -0.958. The van der Waals surface area contributed by atoms with Crippen LogP contribution in [-0.2, 0) is 0 Å². The Morgan fingerprint density at radius 1 is 0.784 bits per heavy atom. The molecule has 5 aromatic rings. The first-order valence-corrected chi connectivity index (χ1v) is 11.4. The van der Waals surface area contributed by atoms with Gasteiger partial charge in [0, 0.05) is 52.6 Å². The average molecular weight is 516 g/mol. The number of nitrogens with zero attached hydrogens (tertiary/aromatic N) is 3. The Bertz CT molecular complexity index is 1550. The van der Waals surface area contributed by atoms with Crippen molar-refractivity contribution in [3.05, 3.63) is 126 Å². The number of nitrogens with two attached hydrogens (primary N) is 1. The number of amides is 1. The predicted molar refractivity (Wildman–Crippen MR) is 141 cm³/mol. The lowest BCUT2D eigenvalue weighted by molar-refractivity contribution is 0.102. The normalized spacial score (nSPS) is 10.2. The van der Waals surface area contributed by atoms with Crippen molar-refractivity contribution in [2.75, 3.05) is 11.1 Å². The number of rotatable bonds is 4. The first kappa shape index (κ1) is 25.4. The molecule has 0 aliphatic rings. The van der Waals surface area contributed by atoms with Crippen molar-refractivity contribution in [3.8, 4) is 22.3 Å². The van der Waals surface area contributed by atoms with E-state index in [1.54, 1.807) is 60.8 Å². The lowest BCUT2D eigenvalue weighted by Gasteiger charge is -2.08. The van der Waals surface area contributed by atoms with Gasteiger partial charge in [0.2, 0.25) is 0 Å².